The first-order chi connectivity index (χ1) is 5.93. The van der Waals surface area contributed by atoms with Gasteiger partial charge in [-0.1, -0.05) is 6.92 Å². The van der Waals surface area contributed by atoms with Crippen LogP contribution in [0.5, 0.6) is 0 Å². The van der Waals surface area contributed by atoms with Crippen molar-refractivity contribution in [1.29, 1.82) is 0 Å². The second-order valence-corrected chi connectivity index (χ2v) is 4.12. The minimum Gasteiger partial charge on any atom is -0.354 e. The zero-order valence-electron chi connectivity index (χ0n) is 7.84. The van der Waals surface area contributed by atoms with E-state index >= 15 is 0 Å². The number of hydrogen-bond acceptors (Lipinski definition) is 2. The molecule has 76 valence electrons. The van der Waals surface area contributed by atoms with Crippen LogP contribution in [0.3, 0.4) is 0 Å². The molecule has 0 unspecified atom stereocenters. The summed E-state index contributed by atoms with van der Waals surface area (Å²) in [6.07, 6.45) is 6.11. The minimum absolute atomic E-state index is 0.715. The summed E-state index contributed by atoms with van der Waals surface area (Å²) in [4.78, 5) is 0. The van der Waals surface area contributed by atoms with E-state index in [2.05, 4.69) is 36.0 Å². The Morgan fingerprint density at radius 2 is 1.69 bits per heavy atom. The molecule has 0 aliphatic heterocycles. The normalized spacial score (nSPS) is 10.4. The Morgan fingerprint density at radius 3 is 2.00 bits per heavy atom. The second kappa shape index (κ2) is 5.77. The lowest BCUT2D eigenvalue weighted by atomic mass is 10.5. The first-order valence-electron chi connectivity index (χ1n) is 3.96. The Labute approximate surface area is 78.9 Å². The van der Waals surface area contributed by atoms with Crippen molar-refractivity contribution >= 4 is 10.1 Å². The molecule has 1 aromatic heterocycles. The highest BCUT2D eigenvalue weighted by atomic mass is 32.2. The maximum absolute atomic E-state index is 9.19. The van der Waals surface area contributed by atoms with E-state index in [0.717, 1.165) is 6.54 Å². The fourth-order valence-corrected chi connectivity index (χ4v) is 0.777. The Balaban J connectivity index is 0.000000252. The van der Waals surface area contributed by atoms with E-state index in [0.29, 0.717) is 6.26 Å². The first-order valence-corrected chi connectivity index (χ1v) is 5.81. The Hall–Kier alpha value is -0.810. The van der Waals surface area contributed by atoms with Gasteiger partial charge in [-0.15, -0.1) is 0 Å². The van der Waals surface area contributed by atoms with Crippen LogP contribution in [-0.2, 0) is 16.7 Å². The lowest BCUT2D eigenvalue weighted by Gasteiger charge is -1.94. The molecule has 0 spiro atoms. The zero-order valence-corrected chi connectivity index (χ0v) is 8.66. The van der Waals surface area contributed by atoms with Gasteiger partial charge in [0.15, 0.2) is 0 Å². The van der Waals surface area contributed by atoms with Crippen LogP contribution in [-0.4, -0.2) is 23.8 Å². The summed E-state index contributed by atoms with van der Waals surface area (Å²) in [7, 11) is -3.67. The molecule has 5 heteroatoms. The van der Waals surface area contributed by atoms with Crippen molar-refractivity contribution < 1.29 is 13.0 Å². The molecule has 1 heterocycles. The van der Waals surface area contributed by atoms with Crippen LogP contribution in [0.1, 0.15) is 13.3 Å². The van der Waals surface area contributed by atoms with Crippen LogP contribution in [0.4, 0.5) is 0 Å². The van der Waals surface area contributed by atoms with Gasteiger partial charge in [0.05, 0.1) is 6.26 Å². The molecule has 0 aliphatic rings. The molecule has 13 heavy (non-hydrogen) atoms. The average Bonchev–Trinajstić information content (AvgIpc) is 2.36. The van der Waals surface area contributed by atoms with E-state index in [1.165, 1.54) is 6.42 Å². The summed E-state index contributed by atoms with van der Waals surface area (Å²) in [5, 5.41) is 0. The molecule has 1 aromatic rings. The van der Waals surface area contributed by atoms with Gasteiger partial charge in [-0.2, -0.15) is 8.42 Å². The van der Waals surface area contributed by atoms with E-state index in [9.17, 15) is 8.42 Å². The third-order valence-corrected chi connectivity index (χ3v) is 1.15. The van der Waals surface area contributed by atoms with E-state index in [-0.39, 0.29) is 0 Å². The molecule has 1 N–H and O–H groups in total. The third kappa shape index (κ3) is 11.2. The topological polar surface area (TPSA) is 59.3 Å². The molecule has 1 rings (SSSR count). The maximum Gasteiger partial charge on any atom is 0.261 e. The van der Waals surface area contributed by atoms with E-state index in [1.54, 1.807) is 0 Å². The summed E-state index contributed by atoms with van der Waals surface area (Å²) < 4.78 is 28.0. The van der Waals surface area contributed by atoms with Crippen molar-refractivity contribution in [2.24, 2.45) is 0 Å². The van der Waals surface area contributed by atoms with E-state index < -0.39 is 10.1 Å². The Morgan fingerprint density at radius 1 is 1.31 bits per heavy atom. The van der Waals surface area contributed by atoms with Gasteiger partial charge in [-0.3, -0.25) is 4.55 Å². The predicted molar refractivity (Wildman–Crippen MR) is 52.2 cm³/mol. The number of hydrogen-bond donors (Lipinski definition) is 1. The fourth-order valence-electron chi connectivity index (χ4n) is 0.777. The van der Waals surface area contributed by atoms with Crippen molar-refractivity contribution in [1.82, 2.24) is 4.57 Å². The molecule has 0 aliphatic carbocycles. The smallest absolute Gasteiger partial charge is 0.261 e. The summed E-state index contributed by atoms with van der Waals surface area (Å²) in [5.41, 5.74) is 0. The summed E-state index contributed by atoms with van der Waals surface area (Å²) in [6.45, 7) is 3.33. The van der Waals surface area contributed by atoms with Gasteiger partial charge in [-0.05, 0) is 18.6 Å². The molecule has 0 bridgehead atoms. The van der Waals surface area contributed by atoms with Crippen molar-refractivity contribution in [2.75, 3.05) is 6.26 Å². The van der Waals surface area contributed by atoms with Crippen molar-refractivity contribution in [3.05, 3.63) is 24.5 Å². The van der Waals surface area contributed by atoms with Gasteiger partial charge < -0.3 is 4.57 Å². The summed E-state index contributed by atoms with van der Waals surface area (Å²) in [6, 6.07) is 4.10. The van der Waals surface area contributed by atoms with Crippen LogP contribution >= 0.6 is 0 Å². The molecule has 0 amide bonds. The highest BCUT2D eigenvalue weighted by molar-refractivity contribution is 7.85. The van der Waals surface area contributed by atoms with Gasteiger partial charge in [0.1, 0.15) is 0 Å². The second-order valence-electron chi connectivity index (χ2n) is 2.65. The molecule has 0 aromatic carbocycles. The SMILES string of the molecule is CCCn1cccc1.CS(=O)(=O)O. The maximum atomic E-state index is 9.19. The van der Waals surface area contributed by atoms with E-state index in [1.807, 2.05) is 0 Å². The molecule has 0 atom stereocenters. The highest BCUT2D eigenvalue weighted by Crippen LogP contribution is 1.90. The molecule has 0 saturated heterocycles. The van der Waals surface area contributed by atoms with Crippen molar-refractivity contribution in [3.63, 3.8) is 0 Å². The van der Waals surface area contributed by atoms with Crippen LogP contribution in [0, 0.1) is 0 Å². The van der Waals surface area contributed by atoms with E-state index in [4.69, 9.17) is 4.55 Å². The average molecular weight is 205 g/mol. The zero-order chi connectivity index (χ0) is 10.3. The van der Waals surface area contributed by atoms with Crippen molar-refractivity contribution in [2.45, 2.75) is 19.9 Å². The standard InChI is InChI=1S/C7H11N.CH4O3S/c1-2-5-8-6-3-4-7-8;1-5(2,3)4/h3-4,6-7H,2,5H2,1H3;1H3,(H,2,3,4). The number of aromatic nitrogens is 1. The number of rotatable bonds is 2. The van der Waals surface area contributed by atoms with Gasteiger partial charge in [0.2, 0.25) is 0 Å². The van der Waals surface area contributed by atoms with Gasteiger partial charge in [0.25, 0.3) is 10.1 Å². The molecule has 0 fully saturated rings. The quantitative estimate of drug-likeness (QED) is 0.742. The largest absolute Gasteiger partial charge is 0.354 e. The lowest BCUT2D eigenvalue weighted by Crippen LogP contribution is -1.89. The molecule has 0 radical (unpaired) electrons. The van der Waals surface area contributed by atoms with Crippen molar-refractivity contribution in [3.8, 4) is 0 Å². The van der Waals surface area contributed by atoms with Gasteiger partial charge in [0, 0.05) is 18.9 Å². The van der Waals surface area contributed by atoms with Crippen LogP contribution in [0.2, 0.25) is 0 Å². The van der Waals surface area contributed by atoms with Crippen LogP contribution < -0.4 is 0 Å². The first kappa shape index (κ1) is 12.2. The van der Waals surface area contributed by atoms with Crippen LogP contribution in [0.25, 0.3) is 0 Å². The fraction of sp³-hybridized carbons (Fsp3) is 0.500. The predicted octanol–water partition coefficient (Wildman–Crippen LogP) is 1.40. The van der Waals surface area contributed by atoms with Gasteiger partial charge in [-0.25, -0.2) is 0 Å². The molecule has 4 nitrogen and oxygen atoms in total. The third-order valence-electron chi connectivity index (χ3n) is 1.15. The Kier molecular flexibility index (Phi) is 5.41. The summed E-state index contributed by atoms with van der Waals surface area (Å²) in [5.74, 6) is 0. The molecule has 0 saturated carbocycles. The minimum atomic E-state index is -3.67. The highest BCUT2D eigenvalue weighted by Gasteiger charge is 1.81. The number of aryl methyl sites for hydroxylation is 1. The molecular formula is C8H15NO3S. The van der Waals surface area contributed by atoms with Crippen LogP contribution in [0.15, 0.2) is 24.5 Å². The lowest BCUT2D eigenvalue weighted by molar-refractivity contribution is 0.490. The molecular weight excluding hydrogens is 190 g/mol. The summed E-state index contributed by atoms with van der Waals surface area (Å²) >= 11 is 0. The van der Waals surface area contributed by atoms with Gasteiger partial charge >= 0.3 is 0 Å². The monoisotopic (exact) mass is 205 g/mol. The number of nitrogens with zero attached hydrogens (tertiary/aromatic N) is 1. The Bertz CT molecular complexity index is 294.